The minimum absolute atomic E-state index is 0.0686. The van der Waals surface area contributed by atoms with Crippen molar-refractivity contribution in [3.05, 3.63) is 23.9 Å². The molecule has 5 nitrogen and oxygen atoms in total. The number of nitrogens with one attached hydrogen (secondary N) is 1. The number of anilines is 1. The summed E-state index contributed by atoms with van der Waals surface area (Å²) in [7, 11) is 0. The van der Waals surface area contributed by atoms with Gasteiger partial charge in [-0.05, 0) is 31.4 Å². The largest absolute Gasteiger partial charge is 0.477 e. The van der Waals surface area contributed by atoms with Crippen LogP contribution >= 0.6 is 0 Å². The van der Waals surface area contributed by atoms with E-state index in [0.29, 0.717) is 18.0 Å². The van der Waals surface area contributed by atoms with E-state index in [9.17, 15) is 4.79 Å². The normalized spacial score (nSPS) is 23.6. The molecule has 1 aromatic rings. The quantitative estimate of drug-likeness (QED) is 0.856. The number of carboxylic acids is 1. The van der Waals surface area contributed by atoms with Crippen LogP contribution in [0.3, 0.4) is 0 Å². The molecule has 0 bridgehead atoms. The lowest BCUT2D eigenvalue weighted by atomic mass is 10.0. The zero-order valence-electron chi connectivity index (χ0n) is 10.4. The Labute approximate surface area is 106 Å². The summed E-state index contributed by atoms with van der Waals surface area (Å²) in [6.45, 7) is 2.85. The summed E-state index contributed by atoms with van der Waals surface area (Å²) < 4.78 is 5.60. The number of aromatic carboxylic acids is 1. The summed E-state index contributed by atoms with van der Waals surface area (Å²) in [5.74, 6) is -0.381. The average Bonchev–Trinajstić information content (AvgIpc) is 2.39. The van der Waals surface area contributed by atoms with E-state index in [4.69, 9.17) is 9.84 Å². The lowest BCUT2D eigenvalue weighted by molar-refractivity contribution is 0.00919. The fourth-order valence-corrected chi connectivity index (χ4v) is 2.14. The average molecular weight is 250 g/mol. The first kappa shape index (κ1) is 12.8. The van der Waals surface area contributed by atoms with Crippen molar-refractivity contribution in [2.75, 3.05) is 11.9 Å². The Bertz CT molecular complexity index is 422. The molecule has 0 aliphatic carbocycles. The van der Waals surface area contributed by atoms with E-state index in [0.717, 1.165) is 25.9 Å². The van der Waals surface area contributed by atoms with Gasteiger partial charge in [-0.2, -0.15) is 0 Å². The number of carboxylic acid groups (broad SMARTS) is 1. The number of carbonyl (C=O) groups is 1. The molecule has 1 aliphatic rings. The fourth-order valence-electron chi connectivity index (χ4n) is 2.14. The number of pyridine rings is 1. The van der Waals surface area contributed by atoms with Gasteiger partial charge >= 0.3 is 5.97 Å². The van der Waals surface area contributed by atoms with Crippen LogP contribution in [0.25, 0.3) is 0 Å². The van der Waals surface area contributed by atoms with Crippen LogP contribution in [0.15, 0.2) is 18.2 Å². The van der Waals surface area contributed by atoms with Crippen LogP contribution in [0.2, 0.25) is 0 Å². The van der Waals surface area contributed by atoms with Crippen LogP contribution in [0.4, 0.5) is 5.82 Å². The number of rotatable bonds is 4. The standard InChI is InChI=1S/C13H18N2O3/c1-2-10-8-9(6-7-18-10)14-12-5-3-4-11(15-12)13(16)17/h3-5,9-10H,2,6-8H2,1H3,(H,14,15)(H,16,17). The van der Waals surface area contributed by atoms with Crippen LogP contribution in [-0.2, 0) is 4.74 Å². The van der Waals surface area contributed by atoms with Crippen LogP contribution in [-0.4, -0.2) is 34.8 Å². The van der Waals surface area contributed by atoms with Crippen LogP contribution in [0.1, 0.15) is 36.7 Å². The smallest absolute Gasteiger partial charge is 0.354 e. The third-order valence-electron chi connectivity index (χ3n) is 3.14. The SMILES string of the molecule is CCC1CC(Nc2cccc(C(=O)O)n2)CCO1. The maximum absolute atomic E-state index is 10.8. The van der Waals surface area contributed by atoms with Gasteiger partial charge in [0.2, 0.25) is 0 Å². The summed E-state index contributed by atoms with van der Waals surface area (Å²) in [6, 6.07) is 5.30. The highest BCUT2D eigenvalue weighted by Crippen LogP contribution is 2.19. The monoisotopic (exact) mass is 250 g/mol. The molecular weight excluding hydrogens is 232 g/mol. The molecule has 0 saturated carbocycles. The second-order valence-electron chi connectivity index (χ2n) is 4.48. The van der Waals surface area contributed by atoms with Gasteiger partial charge in [0, 0.05) is 12.6 Å². The molecule has 2 unspecified atom stereocenters. The Morgan fingerprint density at radius 2 is 2.44 bits per heavy atom. The second kappa shape index (κ2) is 5.82. The first-order chi connectivity index (χ1) is 8.69. The first-order valence-corrected chi connectivity index (χ1v) is 6.27. The third-order valence-corrected chi connectivity index (χ3v) is 3.14. The minimum Gasteiger partial charge on any atom is -0.477 e. The first-order valence-electron chi connectivity index (χ1n) is 6.27. The van der Waals surface area contributed by atoms with Crippen LogP contribution in [0.5, 0.6) is 0 Å². The van der Waals surface area contributed by atoms with Crippen LogP contribution < -0.4 is 5.32 Å². The van der Waals surface area contributed by atoms with Crippen molar-refractivity contribution in [3.8, 4) is 0 Å². The molecule has 98 valence electrons. The predicted molar refractivity (Wildman–Crippen MR) is 67.9 cm³/mol. The molecule has 2 atom stereocenters. The molecule has 0 radical (unpaired) electrons. The summed E-state index contributed by atoms with van der Waals surface area (Å²) in [6.07, 6.45) is 3.16. The summed E-state index contributed by atoms with van der Waals surface area (Å²) in [5, 5.41) is 12.2. The molecule has 2 N–H and O–H groups in total. The second-order valence-corrected chi connectivity index (χ2v) is 4.48. The van der Waals surface area contributed by atoms with Crippen molar-refractivity contribution in [2.24, 2.45) is 0 Å². The van der Waals surface area contributed by atoms with Crippen molar-refractivity contribution in [3.63, 3.8) is 0 Å². The zero-order valence-corrected chi connectivity index (χ0v) is 10.4. The number of nitrogens with zero attached hydrogens (tertiary/aromatic N) is 1. The highest BCUT2D eigenvalue weighted by Gasteiger charge is 2.21. The van der Waals surface area contributed by atoms with E-state index in [1.807, 2.05) is 0 Å². The van der Waals surface area contributed by atoms with Gasteiger partial charge in [-0.15, -0.1) is 0 Å². The van der Waals surface area contributed by atoms with Gasteiger partial charge in [0.15, 0.2) is 5.69 Å². The van der Waals surface area contributed by atoms with Crippen molar-refractivity contribution in [1.82, 2.24) is 4.98 Å². The number of hydrogen-bond acceptors (Lipinski definition) is 4. The number of hydrogen-bond donors (Lipinski definition) is 2. The van der Waals surface area contributed by atoms with E-state index in [2.05, 4.69) is 17.2 Å². The molecule has 18 heavy (non-hydrogen) atoms. The van der Waals surface area contributed by atoms with Gasteiger partial charge in [-0.3, -0.25) is 0 Å². The molecule has 0 spiro atoms. The molecule has 2 heterocycles. The molecule has 0 amide bonds. The fraction of sp³-hybridized carbons (Fsp3) is 0.538. The molecule has 1 saturated heterocycles. The molecule has 5 heteroatoms. The highest BCUT2D eigenvalue weighted by atomic mass is 16.5. The summed E-state index contributed by atoms with van der Waals surface area (Å²) in [4.78, 5) is 14.9. The Morgan fingerprint density at radius 3 is 3.17 bits per heavy atom. The topological polar surface area (TPSA) is 71.5 Å². The van der Waals surface area contributed by atoms with Crippen molar-refractivity contribution in [2.45, 2.75) is 38.3 Å². The van der Waals surface area contributed by atoms with E-state index < -0.39 is 5.97 Å². The molecule has 1 aromatic heterocycles. The van der Waals surface area contributed by atoms with Crippen molar-refractivity contribution < 1.29 is 14.6 Å². The molecule has 1 fully saturated rings. The maximum atomic E-state index is 10.8. The van der Waals surface area contributed by atoms with Crippen molar-refractivity contribution in [1.29, 1.82) is 0 Å². The lowest BCUT2D eigenvalue weighted by Crippen LogP contribution is -2.34. The Morgan fingerprint density at radius 1 is 1.61 bits per heavy atom. The van der Waals surface area contributed by atoms with E-state index >= 15 is 0 Å². The van der Waals surface area contributed by atoms with Gasteiger partial charge < -0.3 is 15.2 Å². The molecule has 2 rings (SSSR count). The molecular formula is C13H18N2O3. The number of ether oxygens (including phenoxy) is 1. The van der Waals surface area contributed by atoms with Gasteiger partial charge in [-0.25, -0.2) is 9.78 Å². The minimum atomic E-state index is -1.00. The summed E-state index contributed by atoms with van der Waals surface area (Å²) >= 11 is 0. The molecule has 1 aliphatic heterocycles. The third kappa shape index (κ3) is 3.20. The maximum Gasteiger partial charge on any atom is 0.354 e. The molecule has 0 aromatic carbocycles. The van der Waals surface area contributed by atoms with Gasteiger partial charge in [0.25, 0.3) is 0 Å². The Hall–Kier alpha value is -1.62. The Balaban J connectivity index is 2.00. The predicted octanol–water partition coefficient (Wildman–Crippen LogP) is 2.15. The van der Waals surface area contributed by atoms with Gasteiger partial charge in [0.1, 0.15) is 5.82 Å². The Kier molecular flexibility index (Phi) is 4.15. The van der Waals surface area contributed by atoms with Crippen molar-refractivity contribution >= 4 is 11.8 Å². The van der Waals surface area contributed by atoms with E-state index in [-0.39, 0.29) is 5.69 Å². The van der Waals surface area contributed by atoms with E-state index in [1.54, 1.807) is 12.1 Å². The zero-order chi connectivity index (χ0) is 13.0. The van der Waals surface area contributed by atoms with Crippen LogP contribution in [0, 0.1) is 0 Å². The summed E-state index contributed by atoms with van der Waals surface area (Å²) in [5.41, 5.74) is 0.0686. The van der Waals surface area contributed by atoms with Gasteiger partial charge in [0.05, 0.1) is 6.10 Å². The number of aromatic nitrogens is 1. The highest BCUT2D eigenvalue weighted by molar-refractivity contribution is 5.85. The van der Waals surface area contributed by atoms with Gasteiger partial charge in [-0.1, -0.05) is 13.0 Å². The van der Waals surface area contributed by atoms with E-state index in [1.165, 1.54) is 6.07 Å². The lowest BCUT2D eigenvalue weighted by Gasteiger charge is -2.29.